The number of aromatic nitrogens is 2. The molecule has 0 saturated carbocycles. The number of fused-ring (bicyclic) bond motifs is 5. The van der Waals surface area contributed by atoms with Gasteiger partial charge < -0.3 is 0 Å². The number of hydrogen-bond donors (Lipinski definition) is 0. The molecule has 1 heterocycles. The first-order valence-corrected chi connectivity index (χ1v) is 16.9. The van der Waals surface area contributed by atoms with Gasteiger partial charge in [0.1, 0.15) is 6.33 Å². The summed E-state index contributed by atoms with van der Waals surface area (Å²) < 4.78 is 0. The van der Waals surface area contributed by atoms with E-state index in [0.29, 0.717) is 0 Å². The quantitative estimate of drug-likeness (QED) is 0.145. The van der Waals surface area contributed by atoms with Gasteiger partial charge in [0.15, 0.2) is 0 Å². The molecule has 0 aliphatic carbocycles. The molecule has 0 aliphatic rings. The van der Waals surface area contributed by atoms with E-state index in [-0.39, 0.29) is 10.8 Å². The topological polar surface area (TPSA) is 25.8 Å². The SMILES string of the molecule is CC(C)(C)c1ccc2c(-c3ccc4cc(-c5ccccc5)c5ccccc5c4c3)c3cc(C(C)(C)C)ccc3c(-c3cncnc3)c2c1. The van der Waals surface area contributed by atoms with Gasteiger partial charge in [-0.3, -0.25) is 0 Å². The average molecular weight is 621 g/mol. The van der Waals surface area contributed by atoms with Gasteiger partial charge in [0.2, 0.25) is 0 Å². The van der Waals surface area contributed by atoms with Gasteiger partial charge in [-0.05, 0) is 112 Å². The molecule has 234 valence electrons. The molecule has 2 heteroatoms. The molecule has 2 nitrogen and oxygen atoms in total. The van der Waals surface area contributed by atoms with Crippen molar-refractivity contribution in [2.24, 2.45) is 0 Å². The first-order valence-electron chi connectivity index (χ1n) is 16.9. The van der Waals surface area contributed by atoms with Crippen molar-refractivity contribution in [1.29, 1.82) is 0 Å². The molecular weight excluding hydrogens is 581 g/mol. The lowest BCUT2D eigenvalue weighted by Crippen LogP contribution is -2.11. The van der Waals surface area contributed by atoms with Crippen LogP contribution in [-0.2, 0) is 10.8 Å². The summed E-state index contributed by atoms with van der Waals surface area (Å²) in [6.45, 7) is 13.7. The molecule has 0 aliphatic heterocycles. The first-order chi connectivity index (χ1) is 23.1. The molecule has 0 amide bonds. The van der Waals surface area contributed by atoms with E-state index >= 15 is 0 Å². The van der Waals surface area contributed by atoms with Crippen LogP contribution >= 0.6 is 0 Å². The van der Waals surface area contributed by atoms with Gasteiger partial charge in [-0.1, -0.05) is 133 Å². The molecule has 0 unspecified atom stereocenters. The van der Waals surface area contributed by atoms with E-state index in [9.17, 15) is 0 Å². The summed E-state index contributed by atoms with van der Waals surface area (Å²) in [5.74, 6) is 0. The van der Waals surface area contributed by atoms with Crippen LogP contribution in [0.25, 0.3) is 76.5 Å². The largest absolute Gasteiger partial charge is 0.244 e. The van der Waals surface area contributed by atoms with E-state index in [2.05, 4.69) is 167 Å². The Morgan fingerprint density at radius 1 is 0.396 bits per heavy atom. The third-order valence-electron chi connectivity index (χ3n) is 9.93. The van der Waals surface area contributed by atoms with Gasteiger partial charge in [-0.2, -0.15) is 0 Å². The van der Waals surface area contributed by atoms with E-state index < -0.39 is 0 Å². The number of hydrogen-bond acceptors (Lipinski definition) is 2. The van der Waals surface area contributed by atoms with E-state index in [1.54, 1.807) is 6.33 Å². The summed E-state index contributed by atoms with van der Waals surface area (Å²) in [4.78, 5) is 8.93. The summed E-state index contributed by atoms with van der Waals surface area (Å²) in [7, 11) is 0. The highest BCUT2D eigenvalue weighted by atomic mass is 14.8. The van der Waals surface area contributed by atoms with E-state index in [4.69, 9.17) is 0 Å². The summed E-state index contributed by atoms with van der Waals surface area (Å²) in [6, 6.07) is 43.1. The standard InChI is InChI=1S/C46H40N2/c1-45(2,3)33-19-21-38-41(24-33)43(37-20-18-34(46(4,5)6)25-42(37)44(38)32-26-47-28-48-27-32)31-17-16-30-22-39(29-12-8-7-9-13-29)35-14-10-11-15-36(35)40(30)23-31/h7-28H,1-6H3. The molecule has 48 heavy (non-hydrogen) atoms. The van der Waals surface area contributed by atoms with Crippen molar-refractivity contribution in [3.63, 3.8) is 0 Å². The predicted molar refractivity (Wildman–Crippen MR) is 206 cm³/mol. The Morgan fingerprint density at radius 2 is 0.958 bits per heavy atom. The third kappa shape index (κ3) is 5.04. The fraction of sp³-hybridized carbons (Fsp3) is 0.174. The van der Waals surface area contributed by atoms with Gasteiger partial charge in [0.05, 0.1) is 0 Å². The van der Waals surface area contributed by atoms with Crippen LogP contribution in [-0.4, -0.2) is 9.97 Å². The maximum atomic E-state index is 4.46. The van der Waals surface area contributed by atoms with Crippen molar-refractivity contribution < 1.29 is 0 Å². The van der Waals surface area contributed by atoms with Crippen LogP contribution in [0, 0.1) is 0 Å². The molecule has 0 N–H and O–H groups in total. The second-order valence-electron chi connectivity index (χ2n) is 15.2. The van der Waals surface area contributed by atoms with Crippen molar-refractivity contribution in [3.8, 4) is 33.4 Å². The lowest BCUT2D eigenvalue weighted by atomic mass is 9.79. The van der Waals surface area contributed by atoms with E-state index in [0.717, 1.165) is 5.56 Å². The molecule has 0 radical (unpaired) electrons. The maximum Gasteiger partial charge on any atom is 0.115 e. The lowest BCUT2D eigenvalue weighted by molar-refractivity contribution is 0.590. The molecule has 8 rings (SSSR count). The Balaban J connectivity index is 1.51. The summed E-state index contributed by atoms with van der Waals surface area (Å²) in [5, 5.41) is 9.99. The highest BCUT2D eigenvalue weighted by molar-refractivity contribution is 6.23. The summed E-state index contributed by atoms with van der Waals surface area (Å²) >= 11 is 0. The van der Waals surface area contributed by atoms with Crippen LogP contribution in [0.3, 0.4) is 0 Å². The molecule has 0 atom stereocenters. The second-order valence-corrected chi connectivity index (χ2v) is 15.2. The highest BCUT2D eigenvalue weighted by Crippen LogP contribution is 2.47. The number of rotatable bonds is 3. The Labute approximate surface area is 283 Å². The van der Waals surface area contributed by atoms with E-state index in [1.807, 2.05) is 12.4 Å². The number of benzene rings is 7. The molecular formula is C46H40N2. The molecule has 7 aromatic carbocycles. The van der Waals surface area contributed by atoms with E-state index in [1.165, 1.54) is 82.0 Å². The molecule has 0 saturated heterocycles. The third-order valence-corrected chi connectivity index (χ3v) is 9.93. The minimum absolute atomic E-state index is 0.0000428. The van der Waals surface area contributed by atoms with Crippen molar-refractivity contribution >= 4 is 43.1 Å². The maximum absolute atomic E-state index is 4.46. The zero-order valence-corrected chi connectivity index (χ0v) is 28.6. The monoisotopic (exact) mass is 620 g/mol. The highest BCUT2D eigenvalue weighted by Gasteiger charge is 2.23. The smallest absolute Gasteiger partial charge is 0.115 e. The van der Waals surface area contributed by atoms with Crippen LogP contribution in [0.1, 0.15) is 52.7 Å². The molecule has 1 aromatic heterocycles. The molecule has 8 aromatic rings. The zero-order chi connectivity index (χ0) is 33.2. The Bertz CT molecular complexity index is 2500. The van der Waals surface area contributed by atoms with Gasteiger partial charge in [-0.15, -0.1) is 0 Å². The first kappa shape index (κ1) is 30.0. The molecule has 0 fully saturated rings. The summed E-state index contributed by atoms with van der Waals surface area (Å²) in [5.41, 5.74) is 9.84. The molecule has 0 bridgehead atoms. The van der Waals surface area contributed by atoms with Crippen LogP contribution in [0.4, 0.5) is 0 Å². The van der Waals surface area contributed by atoms with Gasteiger partial charge in [0.25, 0.3) is 0 Å². The van der Waals surface area contributed by atoms with Gasteiger partial charge in [-0.25, -0.2) is 9.97 Å². The Hall–Kier alpha value is -5.34. The van der Waals surface area contributed by atoms with Gasteiger partial charge in [0, 0.05) is 23.5 Å². The Morgan fingerprint density at radius 3 is 1.56 bits per heavy atom. The van der Waals surface area contributed by atoms with Crippen LogP contribution in [0.2, 0.25) is 0 Å². The lowest BCUT2D eigenvalue weighted by Gasteiger charge is -2.25. The minimum Gasteiger partial charge on any atom is -0.244 e. The second kappa shape index (κ2) is 11.1. The normalized spacial score (nSPS) is 12.4. The van der Waals surface area contributed by atoms with Crippen molar-refractivity contribution in [2.75, 3.05) is 0 Å². The summed E-state index contributed by atoms with van der Waals surface area (Å²) in [6.07, 6.45) is 5.52. The zero-order valence-electron chi connectivity index (χ0n) is 28.6. The van der Waals surface area contributed by atoms with Crippen molar-refractivity contribution in [3.05, 3.63) is 145 Å². The van der Waals surface area contributed by atoms with Crippen LogP contribution < -0.4 is 0 Å². The van der Waals surface area contributed by atoms with Gasteiger partial charge >= 0.3 is 0 Å². The Kier molecular flexibility index (Phi) is 6.96. The number of nitrogens with zero attached hydrogens (tertiary/aromatic N) is 2. The van der Waals surface area contributed by atoms with Crippen LogP contribution in [0.15, 0.2) is 134 Å². The van der Waals surface area contributed by atoms with Crippen molar-refractivity contribution in [1.82, 2.24) is 9.97 Å². The molecule has 0 spiro atoms. The minimum atomic E-state index is -0.0000428. The average Bonchev–Trinajstić information content (AvgIpc) is 3.09. The van der Waals surface area contributed by atoms with Crippen LogP contribution in [0.5, 0.6) is 0 Å². The predicted octanol–water partition coefficient (Wildman–Crippen LogP) is 12.7. The van der Waals surface area contributed by atoms with Crippen molar-refractivity contribution in [2.45, 2.75) is 52.4 Å². The fourth-order valence-electron chi connectivity index (χ4n) is 7.33. The fourth-order valence-corrected chi connectivity index (χ4v) is 7.33.